The maximum absolute atomic E-state index is 12.2. The number of aromatic nitrogens is 3. The van der Waals surface area contributed by atoms with E-state index in [-0.39, 0.29) is 17.5 Å². The van der Waals surface area contributed by atoms with Gasteiger partial charge >= 0.3 is 0 Å². The lowest BCUT2D eigenvalue weighted by atomic mass is 10.1. The Hall–Kier alpha value is -3.20. The second-order valence-corrected chi connectivity index (χ2v) is 7.13. The highest BCUT2D eigenvalue weighted by Gasteiger charge is 2.29. The fraction of sp³-hybridized carbons (Fsp3) is 0.400. The van der Waals surface area contributed by atoms with Crippen molar-refractivity contribution in [2.75, 3.05) is 32.1 Å². The molecule has 3 heterocycles. The number of ether oxygens (including phenoxy) is 1. The van der Waals surface area contributed by atoms with Gasteiger partial charge in [0.25, 0.3) is 5.56 Å². The molecular formula is C20H26N6O3. The molecule has 154 valence electrons. The minimum absolute atomic E-state index is 0.0238. The summed E-state index contributed by atoms with van der Waals surface area (Å²) in [5, 5.41) is 6.43. The van der Waals surface area contributed by atoms with E-state index in [2.05, 4.69) is 39.4 Å². The van der Waals surface area contributed by atoms with Crippen LogP contribution in [-0.4, -0.2) is 64.6 Å². The number of rotatable bonds is 8. The topological polar surface area (TPSA) is 112 Å². The average Bonchev–Trinajstić information content (AvgIpc) is 2.68. The highest BCUT2D eigenvalue weighted by Crippen LogP contribution is 2.21. The molecule has 9 heteroatoms. The number of carbonyl (C=O) groups is 1. The van der Waals surface area contributed by atoms with E-state index in [0.29, 0.717) is 42.9 Å². The number of likely N-dealkylation sites (tertiary alicyclic amines) is 1. The molecule has 0 unspecified atom stereocenters. The van der Waals surface area contributed by atoms with Crippen molar-refractivity contribution < 1.29 is 9.53 Å². The van der Waals surface area contributed by atoms with Crippen molar-refractivity contribution in [2.45, 2.75) is 25.9 Å². The van der Waals surface area contributed by atoms with E-state index in [9.17, 15) is 9.59 Å². The molecule has 0 spiro atoms. The number of carbonyl (C=O) groups excluding carboxylic acids is 1. The molecule has 1 amide bonds. The Morgan fingerprint density at radius 3 is 2.90 bits per heavy atom. The van der Waals surface area contributed by atoms with Crippen LogP contribution in [0.4, 0.5) is 5.69 Å². The van der Waals surface area contributed by atoms with Gasteiger partial charge in [0.15, 0.2) is 0 Å². The summed E-state index contributed by atoms with van der Waals surface area (Å²) in [7, 11) is 1.53. The number of methoxy groups -OCH3 is 1. The van der Waals surface area contributed by atoms with Gasteiger partial charge in [-0.15, -0.1) is 0 Å². The van der Waals surface area contributed by atoms with Crippen LogP contribution in [0, 0.1) is 0 Å². The van der Waals surface area contributed by atoms with Gasteiger partial charge in [-0.1, -0.05) is 19.9 Å². The molecule has 2 aromatic heterocycles. The summed E-state index contributed by atoms with van der Waals surface area (Å²) >= 11 is 0. The maximum Gasteiger partial charge on any atom is 0.271 e. The molecule has 1 fully saturated rings. The van der Waals surface area contributed by atoms with Gasteiger partial charge in [0.1, 0.15) is 12.0 Å². The van der Waals surface area contributed by atoms with Gasteiger partial charge in [0.2, 0.25) is 11.8 Å². The zero-order valence-corrected chi connectivity index (χ0v) is 16.8. The minimum Gasteiger partial charge on any atom is -0.481 e. The van der Waals surface area contributed by atoms with E-state index in [1.165, 1.54) is 13.4 Å². The summed E-state index contributed by atoms with van der Waals surface area (Å²) in [5.41, 5.74) is 1.59. The van der Waals surface area contributed by atoms with Crippen LogP contribution in [0.1, 0.15) is 13.8 Å². The van der Waals surface area contributed by atoms with Crippen LogP contribution in [0.3, 0.4) is 0 Å². The van der Waals surface area contributed by atoms with E-state index in [0.717, 1.165) is 5.56 Å². The molecule has 29 heavy (non-hydrogen) atoms. The third-order valence-corrected chi connectivity index (χ3v) is 4.51. The maximum atomic E-state index is 12.2. The third-order valence-electron chi connectivity index (χ3n) is 4.51. The van der Waals surface area contributed by atoms with E-state index in [1.54, 1.807) is 29.3 Å². The molecule has 0 aromatic carbocycles. The molecule has 3 N–H and O–H groups in total. The third kappa shape index (κ3) is 5.41. The molecule has 0 radical (unpaired) electrons. The summed E-state index contributed by atoms with van der Waals surface area (Å²) in [6.45, 7) is 5.87. The van der Waals surface area contributed by atoms with Crippen molar-refractivity contribution in [3.05, 3.63) is 47.2 Å². The molecule has 0 aliphatic carbocycles. The Kier molecular flexibility index (Phi) is 6.61. The van der Waals surface area contributed by atoms with Crippen molar-refractivity contribution >= 4 is 11.6 Å². The first kappa shape index (κ1) is 20.5. The number of nitrogens with zero attached hydrogens (tertiary/aromatic N) is 3. The SMILES string of the molecule is COc1cc(-c2c[nH]c(=O)c(NC3CN(C(=O)/C=C/CNC(C)C)C3)c2)ncn1. The summed E-state index contributed by atoms with van der Waals surface area (Å²) in [4.78, 5) is 36.9. The zero-order chi connectivity index (χ0) is 20.8. The molecule has 3 rings (SSSR count). The van der Waals surface area contributed by atoms with Gasteiger partial charge < -0.3 is 25.3 Å². The zero-order valence-electron chi connectivity index (χ0n) is 16.8. The standard InChI is InChI=1S/C20H26N6O3/c1-13(2)21-6-4-5-19(27)26-10-15(11-26)25-17-7-14(9-22-20(17)28)16-8-18(29-3)24-12-23-16/h4-5,7-9,12-13,15,21,25H,6,10-11H2,1-3H3,(H,22,28)/b5-4+. The van der Waals surface area contributed by atoms with Crippen LogP contribution >= 0.6 is 0 Å². The van der Waals surface area contributed by atoms with Crippen LogP contribution in [0.25, 0.3) is 11.3 Å². The summed E-state index contributed by atoms with van der Waals surface area (Å²) in [6, 6.07) is 3.84. The fourth-order valence-corrected chi connectivity index (χ4v) is 2.89. The highest BCUT2D eigenvalue weighted by atomic mass is 16.5. The van der Waals surface area contributed by atoms with Crippen LogP contribution in [0.5, 0.6) is 5.88 Å². The molecule has 0 atom stereocenters. The molecule has 9 nitrogen and oxygen atoms in total. The largest absolute Gasteiger partial charge is 0.481 e. The van der Waals surface area contributed by atoms with Gasteiger partial charge in [-0.2, -0.15) is 0 Å². The molecular weight excluding hydrogens is 372 g/mol. The lowest BCUT2D eigenvalue weighted by Crippen LogP contribution is -2.57. The van der Waals surface area contributed by atoms with Crippen molar-refractivity contribution in [1.29, 1.82) is 0 Å². The predicted molar refractivity (Wildman–Crippen MR) is 111 cm³/mol. The van der Waals surface area contributed by atoms with Gasteiger partial charge in [-0.05, 0) is 6.07 Å². The van der Waals surface area contributed by atoms with Crippen molar-refractivity contribution in [1.82, 2.24) is 25.2 Å². The molecule has 2 aromatic rings. The van der Waals surface area contributed by atoms with Gasteiger partial charge in [-0.25, -0.2) is 9.97 Å². The Balaban J connectivity index is 1.58. The fourth-order valence-electron chi connectivity index (χ4n) is 2.89. The number of H-pyrrole nitrogens is 1. The minimum atomic E-state index is -0.223. The van der Waals surface area contributed by atoms with Crippen LogP contribution in [-0.2, 0) is 4.79 Å². The first-order chi connectivity index (χ1) is 14.0. The van der Waals surface area contributed by atoms with E-state index < -0.39 is 0 Å². The van der Waals surface area contributed by atoms with Crippen molar-refractivity contribution in [3.63, 3.8) is 0 Å². The van der Waals surface area contributed by atoms with Crippen LogP contribution < -0.4 is 20.9 Å². The first-order valence-electron chi connectivity index (χ1n) is 9.50. The normalized spacial score (nSPS) is 14.3. The number of pyridine rings is 1. The van der Waals surface area contributed by atoms with Crippen molar-refractivity contribution in [3.8, 4) is 17.1 Å². The number of nitrogens with one attached hydrogen (secondary N) is 3. The van der Waals surface area contributed by atoms with Crippen LogP contribution in [0.15, 0.2) is 41.6 Å². The average molecular weight is 398 g/mol. The van der Waals surface area contributed by atoms with Gasteiger partial charge in [-0.3, -0.25) is 9.59 Å². The van der Waals surface area contributed by atoms with Crippen molar-refractivity contribution in [2.24, 2.45) is 0 Å². The second-order valence-electron chi connectivity index (χ2n) is 7.13. The van der Waals surface area contributed by atoms with E-state index >= 15 is 0 Å². The summed E-state index contributed by atoms with van der Waals surface area (Å²) in [5.74, 6) is 0.421. The lowest BCUT2D eigenvalue weighted by Gasteiger charge is -2.39. The molecule has 0 saturated carbocycles. The number of aromatic amines is 1. The highest BCUT2D eigenvalue weighted by molar-refractivity contribution is 5.88. The van der Waals surface area contributed by atoms with Gasteiger partial charge in [0.05, 0.1) is 18.8 Å². The number of hydrogen-bond acceptors (Lipinski definition) is 7. The predicted octanol–water partition coefficient (Wildman–Crippen LogP) is 1.02. The number of hydrogen-bond donors (Lipinski definition) is 3. The Morgan fingerprint density at radius 1 is 1.38 bits per heavy atom. The Morgan fingerprint density at radius 2 is 2.17 bits per heavy atom. The summed E-state index contributed by atoms with van der Waals surface area (Å²) < 4.78 is 5.12. The molecule has 1 aliphatic heterocycles. The van der Waals surface area contributed by atoms with Crippen LogP contribution in [0.2, 0.25) is 0 Å². The second kappa shape index (κ2) is 9.33. The number of anilines is 1. The number of amides is 1. The smallest absolute Gasteiger partial charge is 0.271 e. The Labute approximate surface area is 169 Å². The molecule has 1 aliphatic rings. The van der Waals surface area contributed by atoms with E-state index in [4.69, 9.17) is 4.74 Å². The molecule has 0 bridgehead atoms. The van der Waals surface area contributed by atoms with Gasteiger partial charge in [0, 0.05) is 49.6 Å². The monoisotopic (exact) mass is 398 g/mol. The Bertz CT molecular complexity index is 934. The molecule has 1 saturated heterocycles. The quantitative estimate of drug-likeness (QED) is 0.569. The van der Waals surface area contributed by atoms with E-state index in [1.807, 2.05) is 6.08 Å². The first-order valence-corrected chi connectivity index (χ1v) is 9.50. The summed E-state index contributed by atoms with van der Waals surface area (Å²) in [6.07, 6.45) is 6.42. The lowest BCUT2D eigenvalue weighted by molar-refractivity contribution is -0.129.